The molecule has 7 rings (SSSR count). The number of hydrogen-bond donors (Lipinski definition) is 2. The summed E-state index contributed by atoms with van der Waals surface area (Å²) in [7, 11) is 0. The largest absolute Gasteiger partial charge is 0.359 e. The van der Waals surface area contributed by atoms with Crippen molar-refractivity contribution >= 4 is 56.1 Å². The van der Waals surface area contributed by atoms with Crippen molar-refractivity contribution in [2.24, 2.45) is 0 Å². The van der Waals surface area contributed by atoms with Crippen molar-refractivity contribution in [2.45, 2.75) is 62.2 Å². The highest BCUT2D eigenvalue weighted by atomic mass is 32.1. The van der Waals surface area contributed by atoms with Crippen molar-refractivity contribution in [1.82, 2.24) is 20.4 Å². The molecule has 0 spiro atoms. The second-order valence-electron chi connectivity index (χ2n) is 12.7. The first-order chi connectivity index (χ1) is 23.0. The third-order valence-electron chi connectivity index (χ3n) is 8.77. The van der Waals surface area contributed by atoms with Gasteiger partial charge in [-0.3, -0.25) is 9.59 Å². The summed E-state index contributed by atoms with van der Waals surface area (Å²) in [5.74, 6) is -5.44. The molecule has 2 N–H and O–H groups in total. The topological polar surface area (TPSA) is 116 Å². The zero-order chi connectivity index (χ0) is 33.5. The molecule has 2 aliphatic heterocycles. The molecule has 4 aromatic rings. The van der Waals surface area contributed by atoms with Gasteiger partial charge in [-0.1, -0.05) is 53.4 Å². The summed E-state index contributed by atoms with van der Waals surface area (Å²) in [5.41, 5.74) is 2.95. The summed E-state index contributed by atoms with van der Waals surface area (Å²) in [6.07, 6.45) is 3.90. The van der Waals surface area contributed by atoms with Gasteiger partial charge in [0.05, 0.1) is 39.0 Å². The predicted octanol–water partition coefficient (Wildman–Crippen LogP) is 6.10. The van der Waals surface area contributed by atoms with E-state index in [2.05, 4.69) is 31.0 Å². The average molecular weight is 701 g/mol. The van der Waals surface area contributed by atoms with Gasteiger partial charge in [-0.2, -0.15) is 0 Å². The normalized spacial score (nSPS) is 21.2. The Kier molecular flexibility index (Phi) is 8.79. The standard InChI is InChI=1S/C32H32F4N8O2S2/c33-31(34)15-43(16-31)23-8-4-19(5-9-23)12-25(45)37-29-41-39-27(47-29)21-2-1-3-22(14-21)28-40-42-30(48-28)38-26(46)13-20-6-10-24(11-7-20)44-17-32(35,36)18-44/h4-11,21-22H,1-3,12-18H2,(H,37,41,45)(H,38,42,46). The van der Waals surface area contributed by atoms with Gasteiger partial charge in [-0.15, -0.1) is 20.4 Å². The fourth-order valence-corrected chi connectivity index (χ4v) is 8.09. The predicted molar refractivity (Wildman–Crippen MR) is 176 cm³/mol. The zero-order valence-corrected chi connectivity index (χ0v) is 27.3. The Morgan fingerprint density at radius 3 is 1.44 bits per heavy atom. The number of benzene rings is 2. The van der Waals surface area contributed by atoms with Crippen molar-refractivity contribution in [3.8, 4) is 0 Å². The third-order valence-corrected chi connectivity index (χ3v) is 10.8. The van der Waals surface area contributed by atoms with E-state index in [4.69, 9.17) is 0 Å². The second kappa shape index (κ2) is 13.0. The molecule has 2 aromatic carbocycles. The van der Waals surface area contributed by atoms with E-state index in [-0.39, 0.29) is 62.7 Å². The van der Waals surface area contributed by atoms with Crippen molar-refractivity contribution < 1.29 is 27.2 Å². The van der Waals surface area contributed by atoms with Crippen LogP contribution in [0.2, 0.25) is 0 Å². The van der Waals surface area contributed by atoms with Gasteiger partial charge >= 0.3 is 0 Å². The van der Waals surface area contributed by atoms with Crippen LogP contribution < -0.4 is 20.4 Å². The summed E-state index contributed by atoms with van der Waals surface area (Å²) in [4.78, 5) is 28.5. The van der Waals surface area contributed by atoms with E-state index >= 15 is 0 Å². The number of halogens is 4. The summed E-state index contributed by atoms with van der Waals surface area (Å²) in [6.45, 7) is -1.16. The number of carbonyl (C=O) groups excluding carboxylic acids is 2. The Morgan fingerprint density at radius 1 is 0.667 bits per heavy atom. The Morgan fingerprint density at radius 2 is 1.06 bits per heavy atom. The third kappa shape index (κ3) is 7.59. The highest BCUT2D eigenvalue weighted by Crippen LogP contribution is 2.43. The van der Waals surface area contributed by atoms with Crippen LogP contribution in [0.3, 0.4) is 0 Å². The van der Waals surface area contributed by atoms with Crippen molar-refractivity contribution in [3.05, 3.63) is 69.7 Å². The number of hydrogen-bond acceptors (Lipinski definition) is 10. The molecular formula is C32H32F4N8O2S2. The smallest absolute Gasteiger partial charge is 0.282 e. The Hall–Kier alpha value is -4.18. The lowest BCUT2D eigenvalue weighted by Crippen LogP contribution is -2.56. The first-order valence-electron chi connectivity index (χ1n) is 15.7. The van der Waals surface area contributed by atoms with E-state index in [9.17, 15) is 27.2 Å². The molecule has 10 nitrogen and oxygen atoms in total. The van der Waals surface area contributed by atoms with E-state index in [1.54, 1.807) is 58.3 Å². The number of nitrogens with zero attached hydrogens (tertiary/aromatic N) is 6. The maximum absolute atomic E-state index is 13.2. The molecule has 48 heavy (non-hydrogen) atoms. The number of nitrogens with one attached hydrogen (secondary N) is 2. The van der Waals surface area contributed by atoms with Gasteiger partial charge in [0.15, 0.2) is 0 Å². The monoisotopic (exact) mass is 700 g/mol. The van der Waals surface area contributed by atoms with Gasteiger partial charge in [0.1, 0.15) is 10.0 Å². The number of anilines is 4. The fraction of sp³-hybridized carbons (Fsp3) is 0.438. The molecule has 2 amide bonds. The molecule has 2 aromatic heterocycles. The maximum atomic E-state index is 13.2. The molecule has 4 heterocycles. The van der Waals surface area contributed by atoms with Crippen LogP contribution in [-0.2, 0) is 22.4 Å². The van der Waals surface area contributed by atoms with E-state index in [0.29, 0.717) is 21.6 Å². The van der Waals surface area contributed by atoms with Gasteiger partial charge in [-0.05, 0) is 54.7 Å². The molecule has 252 valence electrons. The number of amides is 2. The number of rotatable bonds is 10. The Labute approximate surface area is 281 Å². The molecule has 3 fully saturated rings. The zero-order valence-electron chi connectivity index (χ0n) is 25.7. The molecule has 1 saturated carbocycles. The van der Waals surface area contributed by atoms with Gasteiger partial charge < -0.3 is 20.4 Å². The van der Waals surface area contributed by atoms with Crippen LogP contribution in [0, 0.1) is 0 Å². The highest BCUT2D eigenvalue weighted by Gasteiger charge is 2.44. The molecular weight excluding hydrogens is 669 g/mol. The Balaban J connectivity index is 0.876. The minimum absolute atomic E-state index is 0.127. The maximum Gasteiger partial charge on any atom is 0.282 e. The van der Waals surface area contributed by atoms with Crippen LogP contribution in [0.1, 0.15) is 58.7 Å². The molecule has 0 bridgehead atoms. The quantitative estimate of drug-likeness (QED) is 0.191. The van der Waals surface area contributed by atoms with E-state index in [1.165, 1.54) is 22.7 Å². The van der Waals surface area contributed by atoms with E-state index < -0.39 is 11.8 Å². The highest BCUT2D eigenvalue weighted by molar-refractivity contribution is 7.15. The molecule has 2 atom stereocenters. The SMILES string of the molecule is O=C(Cc1ccc(N2CC(F)(F)C2)cc1)Nc1nnc(C2CCCC(c3nnc(NC(=O)Cc4ccc(N5CC(F)(F)C5)cc4)s3)C2)s1. The van der Waals surface area contributed by atoms with Crippen LogP contribution in [0.15, 0.2) is 48.5 Å². The molecule has 2 unspecified atom stereocenters. The van der Waals surface area contributed by atoms with Crippen LogP contribution in [0.25, 0.3) is 0 Å². The summed E-state index contributed by atoms with van der Waals surface area (Å²) < 4.78 is 52.6. The minimum atomic E-state index is -2.64. The Bertz CT molecular complexity index is 1640. The fourth-order valence-electron chi connectivity index (χ4n) is 6.27. The van der Waals surface area contributed by atoms with Crippen LogP contribution in [0.4, 0.5) is 39.2 Å². The molecule has 3 aliphatic rings. The summed E-state index contributed by atoms with van der Waals surface area (Å²) in [6, 6.07) is 14.1. The van der Waals surface area contributed by atoms with Crippen molar-refractivity contribution in [2.75, 3.05) is 46.6 Å². The molecule has 2 saturated heterocycles. The lowest BCUT2D eigenvalue weighted by Gasteiger charge is -2.40. The van der Waals surface area contributed by atoms with Crippen LogP contribution in [0.5, 0.6) is 0 Å². The molecule has 16 heteroatoms. The minimum Gasteiger partial charge on any atom is -0.359 e. The van der Waals surface area contributed by atoms with Crippen LogP contribution in [-0.4, -0.2) is 70.2 Å². The van der Waals surface area contributed by atoms with E-state index in [1.807, 2.05) is 0 Å². The molecule has 0 radical (unpaired) electrons. The average Bonchev–Trinajstić information content (AvgIpc) is 3.69. The van der Waals surface area contributed by atoms with Crippen molar-refractivity contribution in [1.29, 1.82) is 0 Å². The lowest BCUT2D eigenvalue weighted by molar-refractivity contribution is -0.116. The van der Waals surface area contributed by atoms with Gasteiger partial charge in [0.25, 0.3) is 11.8 Å². The number of aromatic nitrogens is 4. The number of carbonyl (C=O) groups is 2. The number of alkyl halides is 4. The second-order valence-corrected chi connectivity index (χ2v) is 14.7. The summed E-state index contributed by atoms with van der Waals surface area (Å²) >= 11 is 2.71. The summed E-state index contributed by atoms with van der Waals surface area (Å²) in [5, 5.41) is 25.3. The van der Waals surface area contributed by atoms with Crippen LogP contribution >= 0.6 is 22.7 Å². The molecule has 1 aliphatic carbocycles. The lowest BCUT2D eigenvalue weighted by atomic mass is 9.82. The first kappa shape index (κ1) is 32.4. The van der Waals surface area contributed by atoms with E-state index in [0.717, 1.165) is 46.8 Å². The van der Waals surface area contributed by atoms with Gasteiger partial charge in [0, 0.05) is 23.2 Å². The first-order valence-corrected chi connectivity index (χ1v) is 17.3. The van der Waals surface area contributed by atoms with Crippen molar-refractivity contribution in [3.63, 3.8) is 0 Å². The van der Waals surface area contributed by atoms with Gasteiger partial charge in [0.2, 0.25) is 22.1 Å². The van der Waals surface area contributed by atoms with Gasteiger partial charge in [-0.25, -0.2) is 17.6 Å².